The zero-order valence-corrected chi connectivity index (χ0v) is 11.9. The Morgan fingerprint density at radius 1 is 1.33 bits per heavy atom. The maximum atomic E-state index is 13.2. The van der Waals surface area contributed by atoms with Gasteiger partial charge in [-0.3, -0.25) is 14.8 Å². The Bertz CT molecular complexity index is 635. The molecule has 0 saturated carbocycles. The van der Waals surface area contributed by atoms with Gasteiger partial charge in [0.05, 0.1) is 21.6 Å². The van der Waals surface area contributed by atoms with Crippen molar-refractivity contribution in [2.75, 3.05) is 13.1 Å². The molecule has 21 heavy (non-hydrogen) atoms. The molecule has 0 atom stereocenters. The SMILES string of the molecule is O=C(c1cccnc1-c1cncs1)N1CCC(F)(F)CC1. The molecule has 1 amide bonds. The van der Waals surface area contributed by atoms with Gasteiger partial charge in [0.15, 0.2) is 0 Å². The van der Waals surface area contributed by atoms with E-state index in [0.717, 1.165) is 4.88 Å². The largest absolute Gasteiger partial charge is 0.338 e. The van der Waals surface area contributed by atoms with E-state index in [4.69, 9.17) is 0 Å². The van der Waals surface area contributed by atoms with Crippen LogP contribution in [-0.4, -0.2) is 39.8 Å². The van der Waals surface area contributed by atoms with Gasteiger partial charge in [0, 0.05) is 38.3 Å². The minimum absolute atomic E-state index is 0.0723. The van der Waals surface area contributed by atoms with Crippen LogP contribution in [0.15, 0.2) is 30.0 Å². The monoisotopic (exact) mass is 309 g/mol. The first-order valence-electron chi connectivity index (χ1n) is 6.58. The van der Waals surface area contributed by atoms with Crippen LogP contribution in [0.5, 0.6) is 0 Å². The Morgan fingerprint density at radius 2 is 2.10 bits per heavy atom. The normalized spacial score (nSPS) is 17.7. The molecule has 0 spiro atoms. The molecule has 3 rings (SSSR count). The number of hydrogen-bond acceptors (Lipinski definition) is 4. The van der Waals surface area contributed by atoms with Gasteiger partial charge in [-0.15, -0.1) is 11.3 Å². The van der Waals surface area contributed by atoms with Crippen molar-refractivity contribution in [2.45, 2.75) is 18.8 Å². The van der Waals surface area contributed by atoms with Crippen LogP contribution in [0.1, 0.15) is 23.2 Å². The van der Waals surface area contributed by atoms with E-state index in [1.54, 1.807) is 30.0 Å². The van der Waals surface area contributed by atoms with Crippen molar-refractivity contribution in [1.82, 2.24) is 14.9 Å². The van der Waals surface area contributed by atoms with Crippen molar-refractivity contribution in [3.05, 3.63) is 35.6 Å². The smallest absolute Gasteiger partial charge is 0.256 e. The van der Waals surface area contributed by atoms with Crippen LogP contribution in [0.3, 0.4) is 0 Å². The van der Waals surface area contributed by atoms with Gasteiger partial charge in [0.2, 0.25) is 0 Å². The average molecular weight is 309 g/mol. The number of rotatable bonds is 2. The van der Waals surface area contributed by atoms with Crippen LogP contribution in [-0.2, 0) is 0 Å². The summed E-state index contributed by atoms with van der Waals surface area (Å²) in [5, 5.41) is 0. The van der Waals surface area contributed by atoms with Crippen LogP contribution in [0.2, 0.25) is 0 Å². The molecule has 110 valence electrons. The summed E-state index contributed by atoms with van der Waals surface area (Å²) in [6.07, 6.45) is 2.69. The highest BCUT2D eigenvalue weighted by molar-refractivity contribution is 7.13. The number of amides is 1. The summed E-state index contributed by atoms with van der Waals surface area (Å²) in [7, 11) is 0. The molecular formula is C14H13F2N3OS. The quantitative estimate of drug-likeness (QED) is 0.856. The summed E-state index contributed by atoms with van der Waals surface area (Å²) in [6.45, 7) is 0.145. The van der Waals surface area contributed by atoms with Gasteiger partial charge in [0.25, 0.3) is 11.8 Å². The third kappa shape index (κ3) is 2.92. The topological polar surface area (TPSA) is 46.1 Å². The second-order valence-corrected chi connectivity index (χ2v) is 5.80. The molecule has 7 heteroatoms. The minimum atomic E-state index is -2.66. The molecule has 4 nitrogen and oxygen atoms in total. The van der Waals surface area contributed by atoms with Gasteiger partial charge in [-0.05, 0) is 12.1 Å². The number of pyridine rings is 1. The predicted octanol–water partition coefficient (Wildman–Crippen LogP) is 3.08. The van der Waals surface area contributed by atoms with E-state index in [-0.39, 0.29) is 31.8 Å². The highest BCUT2D eigenvalue weighted by Gasteiger charge is 2.36. The molecule has 2 aromatic rings. The van der Waals surface area contributed by atoms with E-state index in [0.29, 0.717) is 11.3 Å². The molecule has 1 saturated heterocycles. The zero-order valence-electron chi connectivity index (χ0n) is 11.1. The zero-order chi connectivity index (χ0) is 14.9. The van der Waals surface area contributed by atoms with Crippen LogP contribution in [0.4, 0.5) is 8.78 Å². The standard InChI is InChI=1S/C14H13F2N3OS/c15-14(16)3-6-19(7-4-14)13(20)10-2-1-5-18-12(10)11-8-17-9-21-11/h1-2,5,8-9H,3-4,6-7H2. The summed E-state index contributed by atoms with van der Waals surface area (Å²) in [5.74, 6) is -2.91. The van der Waals surface area contributed by atoms with E-state index in [2.05, 4.69) is 9.97 Å². The Kier molecular flexibility index (Phi) is 3.67. The summed E-state index contributed by atoms with van der Waals surface area (Å²) >= 11 is 1.39. The van der Waals surface area contributed by atoms with E-state index in [1.165, 1.54) is 16.2 Å². The fraction of sp³-hybridized carbons (Fsp3) is 0.357. The number of piperidine rings is 1. The Labute approximate surface area is 124 Å². The van der Waals surface area contributed by atoms with Crippen molar-refractivity contribution in [2.24, 2.45) is 0 Å². The molecule has 0 aromatic carbocycles. The third-order valence-corrected chi connectivity index (χ3v) is 4.27. The van der Waals surface area contributed by atoms with E-state index in [9.17, 15) is 13.6 Å². The molecule has 0 bridgehead atoms. The average Bonchev–Trinajstić information content (AvgIpc) is 3.01. The van der Waals surface area contributed by atoms with Crippen LogP contribution in [0.25, 0.3) is 10.6 Å². The molecule has 0 N–H and O–H groups in total. The number of likely N-dealkylation sites (tertiary alicyclic amines) is 1. The van der Waals surface area contributed by atoms with Gasteiger partial charge in [-0.25, -0.2) is 8.78 Å². The minimum Gasteiger partial charge on any atom is -0.338 e. The number of alkyl halides is 2. The third-order valence-electron chi connectivity index (χ3n) is 3.49. The predicted molar refractivity (Wildman–Crippen MR) is 75.4 cm³/mol. The number of nitrogens with zero attached hydrogens (tertiary/aromatic N) is 3. The first-order valence-corrected chi connectivity index (χ1v) is 7.46. The molecule has 1 aliphatic rings. The Morgan fingerprint density at radius 3 is 2.76 bits per heavy atom. The fourth-order valence-corrected chi connectivity index (χ4v) is 2.95. The van der Waals surface area contributed by atoms with Gasteiger partial charge >= 0.3 is 0 Å². The molecule has 1 fully saturated rings. The highest BCUT2D eigenvalue weighted by Crippen LogP contribution is 2.30. The lowest BCUT2D eigenvalue weighted by Gasteiger charge is -2.32. The highest BCUT2D eigenvalue weighted by atomic mass is 32.1. The summed E-state index contributed by atoms with van der Waals surface area (Å²) in [4.78, 5) is 23.0. The number of thiazole rings is 1. The van der Waals surface area contributed by atoms with E-state index in [1.807, 2.05) is 0 Å². The van der Waals surface area contributed by atoms with Crippen LogP contribution >= 0.6 is 11.3 Å². The first-order chi connectivity index (χ1) is 10.1. The molecule has 1 aliphatic heterocycles. The molecule has 3 heterocycles. The lowest BCUT2D eigenvalue weighted by Crippen LogP contribution is -2.42. The van der Waals surface area contributed by atoms with Crippen molar-refractivity contribution in [1.29, 1.82) is 0 Å². The number of carbonyl (C=O) groups excluding carboxylic acids is 1. The first kappa shape index (κ1) is 14.1. The van der Waals surface area contributed by atoms with Crippen molar-refractivity contribution in [3.63, 3.8) is 0 Å². The number of carbonyl (C=O) groups is 1. The number of hydrogen-bond donors (Lipinski definition) is 0. The van der Waals surface area contributed by atoms with E-state index >= 15 is 0 Å². The molecule has 2 aromatic heterocycles. The van der Waals surface area contributed by atoms with Crippen molar-refractivity contribution < 1.29 is 13.6 Å². The molecular weight excluding hydrogens is 296 g/mol. The summed E-state index contributed by atoms with van der Waals surface area (Å²) in [5.41, 5.74) is 2.66. The number of aromatic nitrogens is 2. The molecule has 0 radical (unpaired) electrons. The summed E-state index contributed by atoms with van der Waals surface area (Å²) < 4.78 is 26.4. The van der Waals surface area contributed by atoms with Gasteiger partial charge in [-0.2, -0.15) is 0 Å². The van der Waals surface area contributed by atoms with Crippen LogP contribution in [0, 0.1) is 0 Å². The number of halogens is 2. The van der Waals surface area contributed by atoms with Gasteiger partial charge < -0.3 is 4.90 Å². The Balaban J connectivity index is 1.86. The van der Waals surface area contributed by atoms with Crippen molar-refractivity contribution in [3.8, 4) is 10.6 Å². The van der Waals surface area contributed by atoms with Gasteiger partial charge in [0.1, 0.15) is 0 Å². The maximum absolute atomic E-state index is 13.2. The van der Waals surface area contributed by atoms with Crippen LogP contribution < -0.4 is 0 Å². The second-order valence-electron chi connectivity index (χ2n) is 4.91. The fourth-order valence-electron chi connectivity index (χ4n) is 2.31. The van der Waals surface area contributed by atoms with Gasteiger partial charge in [-0.1, -0.05) is 0 Å². The summed E-state index contributed by atoms with van der Waals surface area (Å²) in [6, 6.07) is 3.35. The van der Waals surface area contributed by atoms with E-state index < -0.39 is 5.92 Å². The lowest BCUT2D eigenvalue weighted by molar-refractivity contribution is -0.0494. The maximum Gasteiger partial charge on any atom is 0.256 e. The molecule has 0 unspecified atom stereocenters. The second kappa shape index (κ2) is 5.48. The van der Waals surface area contributed by atoms with Crippen molar-refractivity contribution >= 4 is 17.2 Å². The molecule has 0 aliphatic carbocycles. The Hall–Kier alpha value is -1.89. The lowest BCUT2D eigenvalue weighted by atomic mass is 10.0.